The van der Waals surface area contributed by atoms with E-state index in [1.165, 1.54) is 5.56 Å². The van der Waals surface area contributed by atoms with Gasteiger partial charge < -0.3 is 9.47 Å². The van der Waals surface area contributed by atoms with E-state index in [0.29, 0.717) is 12.2 Å². The van der Waals surface area contributed by atoms with E-state index in [1.807, 2.05) is 45.0 Å². The Bertz CT molecular complexity index is 392. The van der Waals surface area contributed by atoms with Gasteiger partial charge in [-0.05, 0) is 32.9 Å². The zero-order chi connectivity index (χ0) is 11.8. The summed E-state index contributed by atoms with van der Waals surface area (Å²) in [5.41, 5.74) is 0.758. The third-order valence-corrected chi connectivity index (χ3v) is 2.62. The largest absolute Gasteiger partial charge is 0.479 e. The first-order chi connectivity index (χ1) is 7.46. The first-order valence-corrected chi connectivity index (χ1v) is 5.42. The summed E-state index contributed by atoms with van der Waals surface area (Å²) in [7, 11) is 0. The van der Waals surface area contributed by atoms with Gasteiger partial charge in [-0.25, -0.2) is 4.79 Å². The Kier molecular flexibility index (Phi) is 2.62. The Balaban J connectivity index is 2.06. The van der Waals surface area contributed by atoms with E-state index in [2.05, 4.69) is 0 Å². The Hall–Kier alpha value is -1.51. The summed E-state index contributed by atoms with van der Waals surface area (Å²) in [6, 6.07) is 7.66. The van der Waals surface area contributed by atoms with Gasteiger partial charge in [-0.1, -0.05) is 17.7 Å². The van der Waals surface area contributed by atoms with Gasteiger partial charge in [-0.2, -0.15) is 0 Å². The molecule has 1 unspecified atom stereocenters. The average molecular weight is 220 g/mol. The molecule has 0 spiro atoms. The van der Waals surface area contributed by atoms with Crippen molar-refractivity contribution < 1.29 is 14.3 Å². The lowest BCUT2D eigenvalue weighted by Gasteiger charge is -2.14. The maximum atomic E-state index is 11.5. The molecule has 0 saturated carbocycles. The molecule has 1 aliphatic rings. The fourth-order valence-corrected chi connectivity index (χ4v) is 1.78. The number of carbonyl (C=O) groups is 1. The topological polar surface area (TPSA) is 35.5 Å². The van der Waals surface area contributed by atoms with Crippen molar-refractivity contribution in [2.45, 2.75) is 38.9 Å². The lowest BCUT2D eigenvalue weighted by atomic mass is 10.0. The third-order valence-electron chi connectivity index (χ3n) is 2.62. The maximum absolute atomic E-state index is 11.5. The Morgan fingerprint density at radius 3 is 2.44 bits per heavy atom. The second-order valence-corrected chi connectivity index (χ2v) is 4.80. The van der Waals surface area contributed by atoms with Gasteiger partial charge in [-0.15, -0.1) is 0 Å². The second kappa shape index (κ2) is 3.81. The fourth-order valence-electron chi connectivity index (χ4n) is 1.78. The van der Waals surface area contributed by atoms with Gasteiger partial charge >= 0.3 is 5.97 Å². The van der Waals surface area contributed by atoms with E-state index in [4.69, 9.17) is 9.47 Å². The van der Waals surface area contributed by atoms with Crippen LogP contribution in [0.4, 0.5) is 0 Å². The van der Waals surface area contributed by atoms with Crippen LogP contribution in [0.5, 0.6) is 5.75 Å². The highest BCUT2D eigenvalue weighted by atomic mass is 16.6. The van der Waals surface area contributed by atoms with E-state index >= 15 is 0 Å². The predicted molar refractivity (Wildman–Crippen MR) is 60.4 cm³/mol. The lowest BCUT2D eigenvalue weighted by molar-refractivity contribution is -0.150. The number of aryl methyl sites for hydroxylation is 1. The summed E-state index contributed by atoms with van der Waals surface area (Å²) < 4.78 is 10.8. The van der Waals surface area contributed by atoms with Crippen LogP contribution in [-0.2, 0) is 9.53 Å². The van der Waals surface area contributed by atoms with Gasteiger partial charge in [0.2, 0.25) is 0 Å². The molecule has 86 valence electrons. The number of hydrogen-bond donors (Lipinski definition) is 0. The van der Waals surface area contributed by atoms with Crippen molar-refractivity contribution in [1.82, 2.24) is 0 Å². The number of rotatable bonds is 2. The minimum atomic E-state index is -0.474. The average Bonchev–Trinajstić information content (AvgIpc) is 2.44. The second-order valence-electron chi connectivity index (χ2n) is 4.80. The summed E-state index contributed by atoms with van der Waals surface area (Å²) in [5, 5.41) is 0. The highest BCUT2D eigenvalue weighted by Crippen LogP contribution is 2.28. The minimum Gasteiger partial charge on any atom is -0.479 e. The Morgan fingerprint density at radius 2 is 1.94 bits per heavy atom. The smallest absolute Gasteiger partial charge is 0.348 e. The molecule has 1 aromatic carbocycles. The molecule has 3 nitrogen and oxygen atoms in total. The molecule has 0 amide bonds. The van der Waals surface area contributed by atoms with Crippen molar-refractivity contribution in [3.8, 4) is 5.75 Å². The van der Waals surface area contributed by atoms with Gasteiger partial charge in [-0.3, -0.25) is 0 Å². The van der Waals surface area contributed by atoms with E-state index in [-0.39, 0.29) is 5.97 Å². The molecule has 0 aliphatic carbocycles. The first kappa shape index (κ1) is 11.0. The molecule has 0 bridgehead atoms. The van der Waals surface area contributed by atoms with Gasteiger partial charge in [0.1, 0.15) is 11.4 Å². The molecule has 2 rings (SSSR count). The molecule has 0 N–H and O–H groups in total. The zero-order valence-corrected chi connectivity index (χ0v) is 9.82. The van der Waals surface area contributed by atoms with E-state index in [0.717, 1.165) is 0 Å². The van der Waals surface area contributed by atoms with Crippen LogP contribution in [0.2, 0.25) is 0 Å². The molecule has 16 heavy (non-hydrogen) atoms. The molecule has 1 saturated heterocycles. The zero-order valence-electron chi connectivity index (χ0n) is 9.82. The lowest BCUT2D eigenvalue weighted by Crippen LogP contribution is -2.22. The molecular weight excluding hydrogens is 204 g/mol. The van der Waals surface area contributed by atoms with Crippen molar-refractivity contribution >= 4 is 5.97 Å². The van der Waals surface area contributed by atoms with Crippen molar-refractivity contribution in [2.75, 3.05) is 0 Å². The quantitative estimate of drug-likeness (QED) is 0.718. The molecule has 1 heterocycles. The molecule has 0 radical (unpaired) electrons. The van der Waals surface area contributed by atoms with Gasteiger partial charge in [0.15, 0.2) is 6.10 Å². The number of esters is 1. The first-order valence-electron chi connectivity index (χ1n) is 5.42. The molecular formula is C13H16O3. The number of cyclic esters (lactones) is 1. The van der Waals surface area contributed by atoms with Crippen LogP contribution in [-0.4, -0.2) is 17.7 Å². The van der Waals surface area contributed by atoms with Crippen LogP contribution in [0.1, 0.15) is 25.8 Å². The summed E-state index contributed by atoms with van der Waals surface area (Å²) in [5.74, 6) is 0.441. The van der Waals surface area contributed by atoms with Gasteiger partial charge in [0.05, 0.1) is 0 Å². The standard InChI is InChI=1S/C13H16O3/c1-9-4-6-10(7-5-9)15-11-8-13(2,3)16-12(11)14/h4-7,11H,8H2,1-3H3. The van der Waals surface area contributed by atoms with Gasteiger partial charge in [0.25, 0.3) is 0 Å². The summed E-state index contributed by atoms with van der Waals surface area (Å²) in [4.78, 5) is 11.5. The minimum absolute atomic E-state index is 0.273. The van der Waals surface area contributed by atoms with Crippen LogP contribution < -0.4 is 4.74 Å². The Labute approximate surface area is 95.4 Å². The SMILES string of the molecule is Cc1ccc(OC2CC(C)(C)OC2=O)cc1. The van der Waals surface area contributed by atoms with E-state index in [1.54, 1.807) is 0 Å². The fraction of sp³-hybridized carbons (Fsp3) is 0.462. The monoisotopic (exact) mass is 220 g/mol. The van der Waals surface area contributed by atoms with E-state index < -0.39 is 11.7 Å². The van der Waals surface area contributed by atoms with Crippen molar-refractivity contribution in [1.29, 1.82) is 0 Å². The van der Waals surface area contributed by atoms with Crippen molar-refractivity contribution in [3.63, 3.8) is 0 Å². The predicted octanol–water partition coefficient (Wildman–Crippen LogP) is 2.47. The van der Waals surface area contributed by atoms with Gasteiger partial charge in [0, 0.05) is 6.42 Å². The molecule has 1 aliphatic heterocycles. The normalized spacial score (nSPS) is 22.9. The van der Waals surface area contributed by atoms with E-state index in [9.17, 15) is 4.79 Å². The van der Waals surface area contributed by atoms with Crippen LogP contribution in [0.3, 0.4) is 0 Å². The molecule has 0 aromatic heterocycles. The molecule has 3 heteroatoms. The highest BCUT2D eigenvalue weighted by Gasteiger charge is 2.41. The van der Waals surface area contributed by atoms with Crippen molar-refractivity contribution in [3.05, 3.63) is 29.8 Å². The maximum Gasteiger partial charge on any atom is 0.348 e. The summed E-state index contributed by atoms with van der Waals surface area (Å²) in [6.45, 7) is 5.80. The number of benzene rings is 1. The number of hydrogen-bond acceptors (Lipinski definition) is 3. The van der Waals surface area contributed by atoms with Crippen molar-refractivity contribution in [2.24, 2.45) is 0 Å². The molecule has 1 fully saturated rings. The Morgan fingerprint density at radius 1 is 1.31 bits per heavy atom. The summed E-state index contributed by atoms with van der Waals surface area (Å²) >= 11 is 0. The summed E-state index contributed by atoms with van der Waals surface area (Å²) in [6.07, 6.45) is 0.123. The number of carbonyl (C=O) groups excluding carboxylic acids is 1. The highest BCUT2D eigenvalue weighted by molar-refractivity contribution is 5.77. The van der Waals surface area contributed by atoms with Crippen LogP contribution >= 0.6 is 0 Å². The molecule has 1 aromatic rings. The molecule has 1 atom stereocenters. The van der Waals surface area contributed by atoms with Crippen LogP contribution in [0, 0.1) is 6.92 Å². The number of ether oxygens (including phenoxy) is 2. The van der Waals surface area contributed by atoms with Crippen LogP contribution in [0.25, 0.3) is 0 Å². The van der Waals surface area contributed by atoms with Crippen LogP contribution in [0.15, 0.2) is 24.3 Å². The third kappa shape index (κ3) is 2.35.